The van der Waals surface area contributed by atoms with E-state index >= 15 is 0 Å². The fraction of sp³-hybridized carbons (Fsp3) is 0.261. The number of hydrogen-bond acceptors (Lipinski definition) is 5. The van der Waals surface area contributed by atoms with E-state index in [0.717, 1.165) is 16.8 Å². The standard InChI is InChI=1S/C23H24ClN3O4/c1-14(2)17-12-20(26-23(29)31-16-7-5-15(24)6-8-16)19(22(28)13-30-4)11-18(17)21-9-10-25-27(21)3/h5-12,14H,13H2,1-4H3,(H,26,29). The average molecular weight is 442 g/mol. The van der Waals surface area contributed by atoms with Gasteiger partial charge in [0.05, 0.1) is 11.4 Å². The molecule has 1 amide bonds. The van der Waals surface area contributed by atoms with E-state index in [2.05, 4.69) is 10.4 Å². The Kier molecular flexibility index (Phi) is 7.09. The summed E-state index contributed by atoms with van der Waals surface area (Å²) in [5.41, 5.74) is 3.38. The summed E-state index contributed by atoms with van der Waals surface area (Å²) < 4.78 is 12.1. The highest BCUT2D eigenvalue weighted by Gasteiger charge is 2.21. The lowest BCUT2D eigenvalue weighted by Crippen LogP contribution is -2.20. The first-order valence-corrected chi connectivity index (χ1v) is 10.1. The molecule has 0 unspecified atom stereocenters. The molecule has 7 nitrogen and oxygen atoms in total. The molecular weight excluding hydrogens is 418 g/mol. The number of ketones is 1. The summed E-state index contributed by atoms with van der Waals surface area (Å²) in [5.74, 6) is 0.203. The van der Waals surface area contributed by atoms with E-state index in [1.165, 1.54) is 7.11 Å². The SMILES string of the molecule is COCC(=O)c1cc(-c2ccnn2C)c(C(C)C)cc1NC(=O)Oc1ccc(Cl)cc1. The third-order valence-corrected chi connectivity index (χ3v) is 5.00. The molecule has 162 valence electrons. The Morgan fingerprint density at radius 3 is 2.45 bits per heavy atom. The van der Waals surface area contributed by atoms with E-state index in [0.29, 0.717) is 22.0 Å². The van der Waals surface area contributed by atoms with Crippen LogP contribution < -0.4 is 10.1 Å². The number of methoxy groups -OCH3 is 1. The summed E-state index contributed by atoms with van der Waals surface area (Å²) in [6, 6.07) is 11.9. The molecule has 0 spiro atoms. The lowest BCUT2D eigenvalue weighted by atomic mass is 9.91. The molecule has 0 radical (unpaired) electrons. The molecule has 1 N–H and O–H groups in total. The van der Waals surface area contributed by atoms with Crippen LogP contribution in [0.1, 0.15) is 35.7 Å². The summed E-state index contributed by atoms with van der Waals surface area (Å²) in [5, 5.41) is 7.47. The number of ether oxygens (including phenoxy) is 2. The predicted octanol–water partition coefficient (Wildman–Crippen LogP) is 5.30. The van der Waals surface area contributed by atoms with Crippen LogP contribution in [0.25, 0.3) is 11.3 Å². The maximum atomic E-state index is 12.8. The smallest absolute Gasteiger partial charge is 0.410 e. The van der Waals surface area contributed by atoms with Crippen LogP contribution in [-0.4, -0.2) is 35.4 Å². The van der Waals surface area contributed by atoms with Crippen LogP contribution in [0.3, 0.4) is 0 Å². The molecule has 0 fully saturated rings. The Morgan fingerprint density at radius 1 is 1.16 bits per heavy atom. The normalized spacial score (nSPS) is 10.9. The first-order valence-electron chi connectivity index (χ1n) is 9.73. The number of carbonyl (C=O) groups excluding carboxylic acids is 2. The number of rotatable bonds is 7. The second-order valence-electron chi connectivity index (χ2n) is 7.30. The Labute approximate surface area is 185 Å². The first-order chi connectivity index (χ1) is 14.8. The molecule has 0 bridgehead atoms. The molecule has 1 heterocycles. The maximum Gasteiger partial charge on any atom is 0.417 e. The molecule has 0 atom stereocenters. The van der Waals surface area contributed by atoms with Gasteiger partial charge in [-0.25, -0.2) is 4.79 Å². The Morgan fingerprint density at radius 2 is 1.87 bits per heavy atom. The molecule has 0 aliphatic heterocycles. The summed E-state index contributed by atoms with van der Waals surface area (Å²) in [6.07, 6.45) is 0.989. The van der Waals surface area contributed by atoms with Gasteiger partial charge < -0.3 is 9.47 Å². The lowest BCUT2D eigenvalue weighted by Gasteiger charge is -2.19. The number of hydrogen-bond donors (Lipinski definition) is 1. The number of benzene rings is 2. The average Bonchev–Trinajstić information content (AvgIpc) is 3.15. The number of carbonyl (C=O) groups is 2. The number of amides is 1. The molecule has 3 rings (SSSR count). The number of nitrogens with one attached hydrogen (secondary N) is 1. The van der Waals surface area contributed by atoms with Crippen molar-refractivity contribution in [3.63, 3.8) is 0 Å². The van der Waals surface area contributed by atoms with Crippen molar-refractivity contribution in [1.82, 2.24) is 9.78 Å². The highest BCUT2D eigenvalue weighted by molar-refractivity contribution is 6.30. The summed E-state index contributed by atoms with van der Waals surface area (Å²) in [6.45, 7) is 3.97. The van der Waals surface area contributed by atoms with Crippen molar-refractivity contribution in [2.24, 2.45) is 7.05 Å². The van der Waals surface area contributed by atoms with Gasteiger partial charge in [-0.3, -0.25) is 14.8 Å². The Hall–Kier alpha value is -3.16. The number of aromatic nitrogens is 2. The van der Waals surface area contributed by atoms with Gasteiger partial charge in [0.15, 0.2) is 5.78 Å². The predicted molar refractivity (Wildman–Crippen MR) is 120 cm³/mol. The topological polar surface area (TPSA) is 82.5 Å². The molecule has 3 aromatic rings. The molecule has 0 saturated carbocycles. The number of halogens is 1. The minimum Gasteiger partial charge on any atom is -0.410 e. The Bertz CT molecular complexity index is 1090. The number of aryl methyl sites for hydroxylation is 1. The van der Waals surface area contributed by atoms with Gasteiger partial charge in [0.2, 0.25) is 0 Å². The van der Waals surface area contributed by atoms with E-state index in [-0.39, 0.29) is 18.3 Å². The zero-order valence-electron chi connectivity index (χ0n) is 17.8. The van der Waals surface area contributed by atoms with Crippen LogP contribution in [0, 0.1) is 0 Å². The second kappa shape index (κ2) is 9.76. The van der Waals surface area contributed by atoms with Gasteiger partial charge in [-0.1, -0.05) is 25.4 Å². The molecule has 2 aromatic carbocycles. The molecule has 1 aromatic heterocycles. The third-order valence-electron chi connectivity index (χ3n) is 4.75. The van der Waals surface area contributed by atoms with Crippen molar-refractivity contribution in [3.8, 4) is 17.0 Å². The number of anilines is 1. The van der Waals surface area contributed by atoms with Crippen molar-refractivity contribution in [2.75, 3.05) is 19.0 Å². The number of Topliss-reactive ketones (excluding diaryl/α,β-unsaturated/α-hetero) is 1. The molecular formula is C23H24ClN3O4. The molecule has 0 saturated heterocycles. The highest BCUT2D eigenvalue weighted by Crippen LogP contribution is 2.34. The van der Waals surface area contributed by atoms with Gasteiger partial charge in [0.1, 0.15) is 12.4 Å². The van der Waals surface area contributed by atoms with Crippen LogP contribution in [-0.2, 0) is 11.8 Å². The first kappa shape index (κ1) is 22.5. The van der Waals surface area contributed by atoms with E-state index in [1.807, 2.05) is 27.0 Å². The van der Waals surface area contributed by atoms with E-state index in [4.69, 9.17) is 21.1 Å². The fourth-order valence-corrected chi connectivity index (χ4v) is 3.37. The van der Waals surface area contributed by atoms with Gasteiger partial charge >= 0.3 is 6.09 Å². The molecule has 8 heteroatoms. The highest BCUT2D eigenvalue weighted by atomic mass is 35.5. The lowest BCUT2D eigenvalue weighted by molar-refractivity contribution is 0.0849. The van der Waals surface area contributed by atoms with E-state index in [1.54, 1.807) is 47.3 Å². The van der Waals surface area contributed by atoms with Crippen LogP contribution in [0.15, 0.2) is 48.7 Å². The van der Waals surface area contributed by atoms with Gasteiger partial charge in [-0.2, -0.15) is 5.10 Å². The monoisotopic (exact) mass is 441 g/mol. The number of nitrogens with zero attached hydrogens (tertiary/aromatic N) is 2. The van der Waals surface area contributed by atoms with Gasteiger partial charge in [-0.05, 0) is 53.9 Å². The quantitative estimate of drug-likeness (QED) is 0.503. The van der Waals surface area contributed by atoms with Crippen molar-refractivity contribution < 1.29 is 19.1 Å². The fourth-order valence-electron chi connectivity index (χ4n) is 3.24. The second-order valence-corrected chi connectivity index (χ2v) is 7.74. The summed E-state index contributed by atoms with van der Waals surface area (Å²) in [7, 11) is 3.29. The molecule has 31 heavy (non-hydrogen) atoms. The molecule has 0 aliphatic rings. The van der Waals surface area contributed by atoms with E-state index in [9.17, 15) is 9.59 Å². The van der Waals surface area contributed by atoms with Crippen molar-refractivity contribution in [3.05, 3.63) is 64.8 Å². The van der Waals surface area contributed by atoms with Crippen LogP contribution in [0.5, 0.6) is 5.75 Å². The van der Waals surface area contributed by atoms with Gasteiger partial charge in [0, 0.05) is 36.5 Å². The molecule has 0 aliphatic carbocycles. The van der Waals surface area contributed by atoms with Crippen molar-refractivity contribution >= 4 is 29.2 Å². The zero-order chi connectivity index (χ0) is 22.5. The largest absolute Gasteiger partial charge is 0.417 e. The summed E-state index contributed by atoms with van der Waals surface area (Å²) >= 11 is 5.87. The Balaban J connectivity index is 2.01. The van der Waals surface area contributed by atoms with Crippen molar-refractivity contribution in [2.45, 2.75) is 19.8 Å². The van der Waals surface area contributed by atoms with Crippen LogP contribution in [0.2, 0.25) is 5.02 Å². The zero-order valence-corrected chi connectivity index (χ0v) is 18.6. The van der Waals surface area contributed by atoms with E-state index < -0.39 is 6.09 Å². The van der Waals surface area contributed by atoms with Gasteiger partial charge in [0.25, 0.3) is 0 Å². The maximum absolute atomic E-state index is 12.8. The summed E-state index contributed by atoms with van der Waals surface area (Å²) in [4.78, 5) is 25.3. The van der Waals surface area contributed by atoms with Gasteiger partial charge in [-0.15, -0.1) is 0 Å². The minimum atomic E-state index is -0.711. The minimum absolute atomic E-state index is 0.118. The third kappa shape index (κ3) is 5.31. The van der Waals surface area contributed by atoms with Crippen LogP contribution in [0.4, 0.5) is 10.5 Å². The van der Waals surface area contributed by atoms with Crippen molar-refractivity contribution in [1.29, 1.82) is 0 Å². The van der Waals surface area contributed by atoms with Crippen LogP contribution >= 0.6 is 11.6 Å².